The predicted molar refractivity (Wildman–Crippen MR) is 68.9 cm³/mol. The minimum atomic E-state index is -0.885. The molecule has 0 aliphatic heterocycles. The van der Waals surface area contributed by atoms with Crippen LogP contribution in [0.1, 0.15) is 47.5 Å². The van der Waals surface area contributed by atoms with Gasteiger partial charge in [0.2, 0.25) is 0 Å². The van der Waals surface area contributed by atoms with Gasteiger partial charge >= 0.3 is 0 Å². The minimum absolute atomic E-state index is 0.160. The summed E-state index contributed by atoms with van der Waals surface area (Å²) in [4.78, 5) is 0. The first kappa shape index (κ1) is 13.3. The average molecular weight is 220 g/mol. The molecule has 0 aromatic heterocycles. The lowest BCUT2D eigenvalue weighted by atomic mass is 9.56. The third-order valence-electron chi connectivity index (χ3n) is 4.43. The van der Waals surface area contributed by atoms with E-state index in [4.69, 9.17) is 0 Å². The third kappa shape index (κ3) is 2.04. The van der Waals surface area contributed by atoms with Crippen LogP contribution in [0, 0.1) is 29.1 Å². The molecule has 1 aliphatic rings. The highest BCUT2D eigenvalue weighted by molar-refractivity contribution is 5.31. The minimum Gasteiger partial charge on any atom is -0.377 e. The second-order valence-electron chi connectivity index (χ2n) is 5.90. The van der Waals surface area contributed by atoms with Gasteiger partial charge in [0, 0.05) is 5.41 Å². The molecule has 3 unspecified atom stereocenters. The van der Waals surface area contributed by atoms with E-state index in [0.717, 1.165) is 12.0 Å². The van der Waals surface area contributed by atoms with Crippen LogP contribution in [-0.4, -0.2) is 10.7 Å². The van der Waals surface area contributed by atoms with E-state index < -0.39 is 5.60 Å². The summed E-state index contributed by atoms with van der Waals surface area (Å²) in [6, 6.07) is 0. The van der Waals surface area contributed by atoms with Crippen molar-refractivity contribution in [3.8, 4) is 11.8 Å². The Bertz CT molecular complexity index is 342. The second-order valence-corrected chi connectivity index (χ2v) is 5.90. The van der Waals surface area contributed by atoms with E-state index in [0.29, 0.717) is 5.92 Å². The number of rotatable bonds is 0. The average Bonchev–Trinajstić information content (AvgIpc) is 2.19. The number of allylic oxidation sites excluding steroid dienone is 1. The summed E-state index contributed by atoms with van der Waals surface area (Å²) in [7, 11) is 0. The molecule has 0 heterocycles. The third-order valence-corrected chi connectivity index (χ3v) is 4.43. The van der Waals surface area contributed by atoms with Crippen LogP contribution in [0.2, 0.25) is 0 Å². The first-order valence-electron chi connectivity index (χ1n) is 6.13. The van der Waals surface area contributed by atoms with E-state index in [2.05, 4.69) is 46.1 Å². The zero-order valence-electron chi connectivity index (χ0n) is 11.2. The Labute approximate surface area is 99.9 Å². The largest absolute Gasteiger partial charge is 0.377 e. The van der Waals surface area contributed by atoms with E-state index in [1.807, 2.05) is 6.92 Å². The fraction of sp³-hybridized carbons (Fsp3) is 0.733. The highest BCUT2D eigenvalue weighted by atomic mass is 16.3. The highest BCUT2D eigenvalue weighted by Crippen LogP contribution is 2.50. The molecule has 1 rings (SSSR count). The Morgan fingerprint density at radius 2 is 1.75 bits per heavy atom. The maximum atomic E-state index is 10.9. The molecule has 1 N–H and O–H groups in total. The fourth-order valence-corrected chi connectivity index (χ4v) is 2.57. The molecular formula is C15H24O. The van der Waals surface area contributed by atoms with Crippen molar-refractivity contribution >= 4 is 0 Å². The standard InChI is InChI=1S/C15H24O/c1-11(2)9-10-15(16)13(4)8-7-12(3)14(15,5)6/h12-13,16H,1,7-8H2,2-6H3. The monoisotopic (exact) mass is 220 g/mol. The normalized spacial score (nSPS) is 37.4. The van der Waals surface area contributed by atoms with Crippen LogP contribution in [0.5, 0.6) is 0 Å². The molecule has 0 aromatic carbocycles. The quantitative estimate of drug-likeness (QED) is 0.620. The van der Waals surface area contributed by atoms with Gasteiger partial charge in [-0.1, -0.05) is 46.1 Å². The smallest absolute Gasteiger partial charge is 0.133 e. The molecule has 1 nitrogen and oxygen atoms in total. The van der Waals surface area contributed by atoms with Crippen LogP contribution in [0.15, 0.2) is 12.2 Å². The van der Waals surface area contributed by atoms with E-state index in [9.17, 15) is 5.11 Å². The summed E-state index contributed by atoms with van der Waals surface area (Å²) in [6.07, 6.45) is 2.22. The van der Waals surface area contributed by atoms with Crippen LogP contribution in [0.3, 0.4) is 0 Å². The first-order valence-corrected chi connectivity index (χ1v) is 6.13. The van der Waals surface area contributed by atoms with Crippen molar-refractivity contribution in [2.45, 2.75) is 53.1 Å². The van der Waals surface area contributed by atoms with Crippen molar-refractivity contribution in [2.75, 3.05) is 0 Å². The molecule has 0 saturated heterocycles. The van der Waals surface area contributed by atoms with Crippen LogP contribution in [-0.2, 0) is 0 Å². The topological polar surface area (TPSA) is 20.2 Å². The maximum Gasteiger partial charge on any atom is 0.133 e. The molecule has 1 fully saturated rings. The summed E-state index contributed by atoms with van der Waals surface area (Å²) in [5.74, 6) is 6.76. The maximum absolute atomic E-state index is 10.9. The van der Waals surface area contributed by atoms with Crippen molar-refractivity contribution in [1.82, 2.24) is 0 Å². The van der Waals surface area contributed by atoms with Gasteiger partial charge < -0.3 is 5.11 Å². The molecule has 16 heavy (non-hydrogen) atoms. The summed E-state index contributed by atoms with van der Waals surface area (Å²) < 4.78 is 0. The van der Waals surface area contributed by atoms with Gasteiger partial charge in [0.25, 0.3) is 0 Å². The van der Waals surface area contributed by atoms with Crippen LogP contribution in [0.25, 0.3) is 0 Å². The van der Waals surface area contributed by atoms with E-state index >= 15 is 0 Å². The Balaban J connectivity index is 3.15. The first-order chi connectivity index (χ1) is 7.22. The Morgan fingerprint density at radius 1 is 1.25 bits per heavy atom. The molecule has 1 saturated carbocycles. The summed E-state index contributed by atoms with van der Waals surface area (Å²) in [5.41, 5.74) is -0.230. The van der Waals surface area contributed by atoms with Crippen LogP contribution < -0.4 is 0 Å². The lowest BCUT2D eigenvalue weighted by molar-refractivity contribution is -0.113. The van der Waals surface area contributed by atoms with Crippen LogP contribution >= 0.6 is 0 Å². The highest BCUT2D eigenvalue weighted by Gasteiger charge is 2.52. The molecule has 90 valence electrons. The molecule has 0 amide bonds. The lowest BCUT2D eigenvalue weighted by Crippen LogP contribution is -2.55. The van der Waals surface area contributed by atoms with E-state index in [1.165, 1.54) is 6.42 Å². The van der Waals surface area contributed by atoms with Crippen molar-refractivity contribution in [2.24, 2.45) is 17.3 Å². The van der Waals surface area contributed by atoms with Crippen molar-refractivity contribution < 1.29 is 5.11 Å². The van der Waals surface area contributed by atoms with Gasteiger partial charge in [-0.15, -0.1) is 0 Å². The molecule has 1 heteroatoms. The van der Waals surface area contributed by atoms with Gasteiger partial charge in [0.1, 0.15) is 5.60 Å². The van der Waals surface area contributed by atoms with Gasteiger partial charge in [0.15, 0.2) is 0 Å². The SMILES string of the molecule is C=C(C)C#CC1(O)C(C)CCC(C)C1(C)C. The summed E-state index contributed by atoms with van der Waals surface area (Å²) in [6.45, 7) is 14.2. The zero-order chi connectivity index (χ0) is 12.6. The Kier molecular flexibility index (Phi) is 3.55. The zero-order valence-corrected chi connectivity index (χ0v) is 11.2. The molecule has 0 aromatic rings. The molecule has 1 aliphatic carbocycles. The molecule has 3 atom stereocenters. The second kappa shape index (κ2) is 4.26. The molecule has 0 radical (unpaired) electrons. The number of hydrogen-bond donors (Lipinski definition) is 1. The van der Waals surface area contributed by atoms with Gasteiger partial charge in [-0.05, 0) is 37.2 Å². The lowest BCUT2D eigenvalue weighted by Gasteiger charge is -2.51. The van der Waals surface area contributed by atoms with Crippen LogP contribution in [0.4, 0.5) is 0 Å². The molecular weight excluding hydrogens is 196 g/mol. The summed E-state index contributed by atoms with van der Waals surface area (Å²) >= 11 is 0. The van der Waals surface area contributed by atoms with Gasteiger partial charge in [-0.2, -0.15) is 0 Å². The van der Waals surface area contributed by atoms with Crippen molar-refractivity contribution in [1.29, 1.82) is 0 Å². The molecule has 0 bridgehead atoms. The molecule has 0 spiro atoms. The van der Waals surface area contributed by atoms with E-state index in [-0.39, 0.29) is 11.3 Å². The number of aliphatic hydroxyl groups is 1. The Hall–Kier alpha value is -0.740. The Morgan fingerprint density at radius 3 is 2.25 bits per heavy atom. The van der Waals surface area contributed by atoms with Crippen molar-refractivity contribution in [3.05, 3.63) is 12.2 Å². The van der Waals surface area contributed by atoms with E-state index in [1.54, 1.807) is 0 Å². The van der Waals surface area contributed by atoms with Gasteiger partial charge in [0.05, 0.1) is 0 Å². The fourth-order valence-electron chi connectivity index (χ4n) is 2.57. The predicted octanol–water partition coefficient (Wildman–Crippen LogP) is 3.39. The number of hydrogen-bond acceptors (Lipinski definition) is 1. The summed E-state index contributed by atoms with van der Waals surface area (Å²) in [5, 5.41) is 10.9. The van der Waals surface area contributed by atoms with Gasteiger partial charge in [-0.3, -0.25) is 0 Å². The van der Waals surface area contributed by atoms with Crippen molar-refractivity contribution in [3.63, 3.8) is 0 Å². The van der Waals surface area contributed by atoms with Gasteiger partial charge in [-0.25, -0.2) is 0 Å².